The minimum Gasteiger partial charge on any atom is -0.488 e. The van der Waals surface area contributed by atoms with Crippen LogP contribution >= 0.6 is 0 Å². The van der Waals surface area contributed by atoms with Gasteiger partial charge in [-0.25, -0.2) is 18.6 Å². The number of nitro groups is 1. The van der Waals surface area contributed by atoms with E-state index in [2.05, 4.69) is 10.9 Å². The molecule has 11 nitrogen and oxygen atoms in total. The fourth-order valence-corrected chi connectivity index (χ4v) is 5.14. The van der Waals surface area contributed by atoms with Gasteiger partial charge >= 0.3 is 6.09 Å². The van der Waals surface area contributed by atoms with Crippen LogP contribution in [0, 0.1) is 24.0 Å². The highest BCUT2D eigenvalue weighted by Crippen LogP contribution is 2.31. The Balaban J connectivity index is 2.07. The molecule has 0 aliphatic carbocycles. The van der Waals surface area contributed by atoms with E-state index in [1.807, 2.05) is 0 Å². The van der Waals surface area contributed by atoms with Gasteiger partial charge in [-0.1, -0.05) is 36.4 Å². The Bertz CT molecular complexity index is 1590. The molecule has 0 saturated heterocycles. The molecule has 0 radical (unpaired) electrons. The van der Waals surface area contributed by atoms with E-state index < -0.39 is 37.3 Å². The van der Waals surface area contributed by atoms with Gasteiger partial charge in [0.05, 0.1) is 15.4 Å². The molecule has 0 bridgehead atoms. The van der Waals surface area contributed by atoms with Gasteiger partial charge in [0.2, 0.25) is 9.84 Å². The lowest BCUT2D eigenvalue weighted by Gasteiger charge is -2.20. The minimum atomic E-state index is -4.40. The standard InChI is InChI=1S/C29H31N3O8S/c1-19-15-20(2)23(25(16-19)39-18-21-11-9-10-14-24(21)32(35)36)17-26(41(37,38)22-12-7-6-8-13-22)27(33)30-31-28(34)40-29(3,4)5/h6-17H,18H2,1-5H3,(H,30,33)(H,31,34)/b26-17+. The third-order valence-electron chi connectivity index (χ3n) is 5.58. The highest BCUT2D eigenvalue weighted by molar-refractivity contribution is 7.96. The molecule has 0 aliphatic rings. The molecule has 0 fully saturated rings. The number of benzene rings is 3. The van der Waals surface area contributed by atoms with E-state index in [1.165, 1.54) is 36.4 Å². The van der Waals surface area contributed by atoms with Crippen molar-refractivity contribution in [2.24, 2.45) is 0 Å². The van der Waals surface area contributed by atoms with E-state index in [0.717, 1.165) is 11.6 Å². The molecule has 3 aromatic carbocycles. The molecule has 0 unspecified atom stereocenters. The van der Waals surface area contributed by atoms with E-state index in [1.54, 1.807) is 65.0 Å². The average Bonchev–Trinajstić information content (AvgIpc) is 2.89. The Kier molecular flexibility index (Phi) is 9.51. The van der Waals surface area contributed by atoms with Crippen LogP contribution in [0.3, 0.4) is 0 Å². The summed E-state index contributed by atoms with van der Waals surface area (Å²) in [6, 6.07) is 16.8. The van der Waals surface area contributed by atoms with E-state index in [4.69, 9.17) is 9.47 Å². The van der Waals surface area contributed by atoms with Crippen LogP contribution in [0.2, 0.25) is 0 Å². The van der Waals surface area contributed by atoms with Crippen molar-refractivity contribution in [1.82, 2.24) is 10.9 Å². The lowest BCUT2D eigenvalue weighted by Crippen LogP contribution is -2.45. The zero-order chi connectivity index (χ0) is 30.4. The van der Waals surface area contributed by atoms with E-state index in [0.29, 0.717) is 11.1 Å². The minimum absolute atomic E-state index is 0.131. The molecule has 0 heterocycles. The van der Waals surface area contributed by atoms with Crippen LogP contribution in [-0.2, 0) is 26.0 Å². The number of nitro benzene ring substituents is 1. The number of nitrogens with zero attached hydrogens (tertiary/aromatic N) is 1. The molecule has 3 rings (SSSR count). The number of aryl methyl sites for hydroxylation is 2. The molecule has 2 N–H and O–H groups in total. The van der Waals surface area contributed by atoms with Gasteiger partial charge in [-0.05, 0) is 76.1 Å². The van der Waals surface area contributed by atoms with Crippen molar-refractivity contribution < 1.29 is 32.4 Å². The third-order valence-corrected chi connectivity index (χ3v) is 7.36. The number of nitrogens with one attached hydrogen (secondary N) is 2. The Morgan fingerprint density at radius 2 is 1.61 bits per heavy atom. The number of hydrogen-bond donors (Lipinski definition) is 2. The summed E-state index contributed by atoms with van der Waals surface area (Å²) in [5, 5.41) is 11.5. The number of ether oxygens (including phenoxy) is 2. The second kappa shape index (κ2) is 12.6. The molecule has 0 atom stereocenters. The summed E-state index contributed by atoms with van der Waals surface area (Å²) in [5.74, 6) is -0.918. The molecule has 216 valence electrons. The number of carbonyl (C=O) groups is 2. The zero-order valence-electron chi connectivity index (χ0n) is 23.3. The molecule has 0 aliphatic heterocycles. The molecule has 3 aromatic rings. The molecule has 0 aromatic heterocycles. The maximum absolute atomic E-state index is 13.7. The largest absolute Gasteiger partial charge is 0.488 e. The fraction of sp³-hybridized carbons (Fsp3) is 0.241. The van der Waals surface area contributed by atoms with Gasteiger partial charge in [0.15, 0.2) is 0 Å². The van der Waals surface area contributed by atoms with Crippen molar-refractivity contribution in [3.05, 3.63) is 104 Å². The maximum Gasteiger partial charge on any atom is 0.426 e. The lowest BCUT2D eigenvalue weighted by molar-refractivity contribution is -0.385. The van der Waals surface area contributed by atoms with Crippen LogP contribution in [0.5, 0.6) is 5.75 Å². The smallest absolute Gasteiger partial charge is 0.426 e. The number of para-hydroxylation sites is 1. The first-order valence-corrected chi connectivity index (χ1v) is 13.9. The molecule has 2 amide bonds. The first-order chi connectivity index (χ1) is 19.2. The molecule has 41 heavy (non-hydrogen) atoms. The van der Waals surface area contributed by atoms with E-state index in [-0.39, 0.29) is 28.5 Å². The van der Waals surface area contributed by atoms with E-state index >= 15 is 0 Å². The Hall–Kier alpha value is -4.71. The van der Waals surface area contributed by atoms with E-state index in [9.17, 15) is 28.1 Å². The van der Waals surface area contributed by atoms with Crippen molar-refractivity contribution in [2.45, 2.75) is 51.7 Å². The number of hydrogen-bond acceptors (Lipinski definition) is 8. The van der Waals surface area contributed by atoms with Crippen molar-refractivity contribution in [1.29, 1.82) is 0 Å². The second-order valence-electron chi connectivity index (χ2n) is 10.1. The number of carbonyl (C=O) groups excluding carboxylic acids is 2. The quantitative estimate of drug-likeness (QED) is 0.210. The predicted octanol–water partition coefficient (Wildman–Crippen LogP) is 5.16. The van der Waals surface area contributed by atoms with Crippen LogP contribution in [0.25, 0.3) is 6.08 Å². The Morgan fingerprint density at radius 1 is 0.976 bits per heavy atom. The van der Waals surface area contributed by atoms with Crippen molar-refractivity contribution in [3.63, 3.8) is 0 Å². The topological polar surface area (TPSA) is 154 Å². The average molecular weight is 582 g/mol. The zero-order valence-corrected chi connectivity index (χ0v) is 24.1. The summed E-state index contributed by atoms with van der Waals surface area (Å²) in [6.07, 6.45) is 0.167. The molecular weight excluding hydrogens is 550 g/mol. The van der Waals surface area contributed by atoms with Gasteiger partial charge < -0.3 is 9.47 Å². The van der Waals surface area contributed by atoms with Crippen LogP contribution < -0.4 is 15.6 Å². The summed E-state index contributed by atoms with van der Waals surface area (Å²) >= 11 is 0. The summed E-state index contributed by atoms with van der Waals surface area (Å²) in [7, 11) is -4.40. The van der Waals surface area contributed by atoms with Gasteiger partial charge in [0.25, 0.3) is 11.6 Å². The summed E-state index contributed by atoms with van der Waals surface area (Å²) in [4.78, 5) is 35.5. The second-order valence-corrected chi connectivity index (χ2v) is 12.0. The highest BCUT2D eigenvalue weighted by Gasteiger charge is 2.29. The number of rotatable bonds is 8. The highest BCUT2D eigenvalue weighted by atomic mass is 32.2. The normalized spacial score (nSPS) is 11.9. The Labute approximate surface area is 238 Å². The van der Waals surface area contributed by atoms with Gasteiger partial charge in [-0.3, -0.25) is 20.3 Å². The van der Waals surface area contributed by atoms with Gasteiger partial charge in [0.1, 0.15) is 22.9 Å². The predicted molar refractivity (Wildman–Crippen MR) is 152 cm³/mol. The van der Waals surface area contributed by atoms with Gasteiger partial charge in [-0.2, -0.15) is 0 Å². The molecule has 0 spiro atoms. The SMILES string of the molecule is Cc1cc(C)c(/C=C(\C(=O)NNC(=O)OC(C)(C)C)S(=O)(=O)c2ccccc2)c(OCc2ccccc2[N+](=O)[O-])c1. The van der Waals surface area contributed by atoms with Crippen LogP contribution in [-0.4, -0.2) is 30.9 Å². The first kappa shape index (κ1) is 30.8. The van der Waals surface area contributed by atoms with Crippen molar-refractivity contribution in [3.8, 4) is 5.75 Å². The Morgan fingerprint density at radius 3 is 2.24 bits per heavy atom. The molecular formula is C29H31N3O8S. The van der Waals surface area contributed by atoms with Crippen LogP contribution in [0.15, 0.2) is 76.5 Å². The van der Waals surface area contributed by atoms with Crippen molar-refractivity contribution in [2.75, 3.05) is 0 Å². The number of amides is 2. The third kappa shape index (κ3) is 8.15. The van der Waals surface area contributed by atoms with Crippen LogP contribution in [0.4, 0.5) is 10.5 Å². The first-order valence-electron chi connectivity index (χ1n) is 12.5. The van der Waals surface area contributed by atoms with Gasteiger partial charge in [-0.15, -0.1) is 0 Å². The number of sulfone groups is 1. The summed E-state index contributed by atoms with van der Waals surface area (Å²) in [6.45, 7) is 8.22. The summed E-state index contributed by atoms with van der Waals surface area (Å²) < 4.78 is 38.4. The monoisotopic (exact) mass is 581 g/mol. The van der Waals surface area contributed by atoms with Gasteiger partial charge in [0, 0.05) is 11.6 Å². The van der Waals surface area contributed by atoms with Crippen LogP contribution in [0.1, 0.15) is 43.0 Å². The summed E-state index contributed by atoms with van der Waals surface area (Å²) in [5.41, 5.74) is 5.11. The lowest BCUT2D eigenvalue weighted by atomic mass is 10.0. The maximum atomic E-state index is 13.7. The molecule has 0 saturated carbocycles. The molecule has 12 heteroatoms. The number of hydrazine groups is 1. The fourth-order valence-electron chi connectivity index (χ4n) is 3.81. The van der Waals surface area contributed by atoms with Crippen molar-refractivity contribution >= 4 is 33.6 Å².